The van der Waals surface area contributed by atoms with Crippen LogP contribution >= 0.6 is 0 Å². The number of hydrogen-bond acceptors (Lipinski definition) is 1. The fourth-order valence-electron chi connectivity index (χ4n) is 2.25. The van der Waals surface area contributed by atoms with Gasteiger partial charge in [0, 0.05) is 18.5 Å². The summed E-state index contributed by atoms with van der Waals surface area (Å²) in [4.78, 5) is 11.9. The van der Waals surface area contributed by atoms with Gasteiger partial charge in [-0.2, -0.15) is 0 Å². The number of carbonyl (C=O) groups is 1. The first-order chi connectivity index (χ1) is 10.7. The molecular weight excluding hydrogens is 277 g/mol. The first-order valence-electron chi connectivity index (χ1n) is 7.45. The first-order valence-corrected chi connectivity index (χ1v) is 7.45. The SMILES string of the molecule is CC[C@@H](CNC(=O)/C=C/c1ccc(F)cc1)c1ccccc1. The lowest BCUT2D eigenvalue weighted by molar-refractivity contribution is -0.116. The van der Waals surface area contributed by atoms with Crippen LogP contribution in [0, 0.1) is 5.82 Å². The van der Waals surface area contributed by atoms with E-state index in [0.29, 0.717) is 12.5 Å². The van der Waals surface area contributed by atoms with Crippen molar-refractivity contribution in [1.29, 1.82) is 0 Å². The molecule has 0 aliphatic rings. The van der Waals surface area contributed by atoms with Crippen LogP contribution in [-0.4, -0.2) is 12.5 Å². The van der Waals surface area contributed by atoms with E-state index in [1.54, 1.807) is 18.2 Å². The van der Waals surface area contributed by atoms with Gasteiger partial charge in [0.25, 0.3) is 0 Å². The Morgan fingerprint density at radius 3 is 2.45 bits per heavy atom. The number of amides is 1. The number of hydrogen-bond donors (Lipinski definition) is 1. The Balaban J connectivity index is 1.87. The molecule has 2 aromatic carbocycles. The highest BCUT2D eigenvalue weighted by atomic mass is 19.1. The number of halogens is 1. The lowest BCUT2D eigenvalue weighted by atomic mass is 9.96. The second-order valence-electron chi connectivity index (χ2n) is 5.15. The van der Waals surface area contributed by atoms with Crippen LogP contribution in [-0.2, 0) is 4.79 Å². The molecule has 2 aromatic rings. The summed E-state index contributed by atoms with van der Waals surface area (Å²) in [6.07, 6.45) is 4.12. The van der Waals surface area contributed by atoms with Crippen molar-refractivity contribution in [2.75, 3.05) is 6.54 Å². The molecule has 0 aliphatic heterocycles. The van der Waals surface area contributed by atoms with Gasteiger partial charge in [-0.15, -0.1) is 0 Å². The van der Waals surface area contributed by atoms with Crippen LogP contribution in [0.3, 0.4) is 0 Å². The van der Waals surface area contributed by atoms with Crippen molar-refractivity contribution in [2.45, 2.75) is 19.3 Å². The molecule has 3 heteroatoms. The quantitative estimate of drug-likeness (QED) is 0.797. The van der Waals surface area contributed by atoms with E-state index >= 15 is 0 Å². The third-order valence-corrected chi connectivity index (χ3v) is 3.58. The maximum Gasteiger partial charge on any atom is 0.244 e. The fourth-order valence-corrected chi connectivity index (χ4v) is 2.25. The average Bonchev–Trinajstić information content (AvgIpc) is 2.56. The molecule has 2 nitrogen and oxygen atoms in total. The molecule has 0 heterocycles. The summed E-state index contributed by atoms with van der Waals surface area (Å²) in [5, 5.41) is 2.91. The molecule has 0 unspecified atom stereocenters. The van der Waals surface area contributed by atoms with Gasteiger partial charge in [-0.25, -0.2) is 4.39 Å². The zero-order valence-electron chi connectivity index (χ0n) is 12.6. The third-order valence-electron chi connectivity index (χ3n) is 3.58. The summed E-state index contributed by atoms with van der Waals surface area (Å²) in [5.74, 6) is -0.113. The van der Waals surface area contributed by atoms with Gasteiger partial charge >= 0.3 is 0 Å². The molecule has 0 aromatic heterocycles. The molecule has 0 radical (unpaired) electrons. The largest absolute Gasteiger partial charge is 0.352 e. The van der Waals surface area contributed by atoms with Crippen LogP contribution in [0.1, 0.15) is 30.4 Å². The van der Waals surface area contributed by atoms with Crippen molar-refractivity contribution in [1.82, 2.24) is 5.32 Å². The molecule has 0 fully saturated rings. The molecule has 1 amide bonds. The topological polar surface area (TPSA) is 29.1 Å². The minimum Gasteiger partial charge on any atom is -0.352 e. The van der Waals surface area contributed by atoms with Gasteiger partial charge < -0.3 is 5.32 Å². The highest BCUT2D eigenvalue weighted by molar-refractivity contribution is 5.91. The second kappa shape index (κ2) is 8.13. The summed E-state index contributed by atoms with van der Waals surface area (Å²) in [6, 6.07) is 16.2. The van der Waals surface area contributed by atoms with Crippen LogP contribution < -0.4 is 5.32 Å². The summed E-state index contributed by atoms with van der Waals surface area (Å²) >= 11 is 0. The molecule has 0 saturated carbocycles. The van der Waals surface area contributed by atoms with E-state index in [1.807, 2.05) is 18.2 Å². The van der Waals surface area contributed by atoms with Crippen molar-refractivity contribution in [3.8, 4) is 0 Å². The normalized spacial score (nSPS) is 12.3. The Labute approximate surface area is 130 Å². The van der Waals surface area contributed by atoms with Crippen LogP contribution in [0.4, 0.5) is 4.39 Å². The third kappa shape index (κ3) is 4.85. The number of benzene rings is 2. The van der Waals surface area contributed by atoms with E-state index in [-0.39, 0.29) is 11.7 Å². The lowest BCUT2D eigenvalue weighted by Crippen LogP contribution is -2.26. The molecule has 114 valence electrons. The van der Waals surface area contributed by atoms with Gasteiger partial charge in [0.2, 0.25) is 5.91 Å². The van der Waals surface area contributed by atoms with Crippen LogP contribution in [0.25, 0.3) is 6.08 Å². The number of carbonyl (C=O) groups excluding carboxylic acids is 1. The van der Waals surface area contributed by atoms with E-state index in [9.17, 15) is 9.18 Å². The number of rotatable bonds is 6. The molecule has 0 saturated heterocycles. The monoisotopic (exact) mass is 297 g/mol. The minimum absolute atomic E-state index is 0.140. The molecule has 0 spiro atoms. The first kappa shape index (κ1) is 16.0. The Morgan fingerprint density at radius 2 is 1.82 bits per heavy atom. The summed E-state index contributed by atoms with van der Waals surface area (Å²) in [5.41, 5.74) is 2.03. The fraction of sp³-hybridized carbons (Fsp3) is 0.211. The zero-order chi connectivity index (χ0) is 15.8. The van der Waals surface area contributed by atoms with E-state index in [2.05, 4.69) is 24.4 Å². The predicted octanol–water partition coefficient (Wildman–Crippen LogP) is 4.15. The predicted molar refractivity (Wildman–Crippen MR) is 87.9 cm³/mol. The molecule has 0 bridgehead atoms. The Morgan fingerprint density at radius 1 is 1.14 bits per heavy atom. The standard InChI is InChI=1S/C19H20FNO/c1-2-16(17-6-4-3-5-7-17)14-21-19(22)13-10-15-8-11-18(20)12-9-15/h3-13,16H,2,14H2,1H3,(H,21,22)/b13-10+/t16-/m0/s1. The van der Waals surface area contributed by atoms with E-state index < -0.39 is 0 Å². The van der Waals surface area contributed by atoms with Gasteiger partial charge in [-0.1, -0.05) is 49.4 Å². The van der Waals surface area contributed by atoms with Crippen LogP contribution in [0.2, 0.25) is 0 Å². The van der Waals surface area contributed by atoms with Crippen molar-refractivity contribution in [3.05, 3.63) is 77.6 Å². The summed E-state index contributed by atoms with van der Waals surface area (Å²) in [6.45, 7) is 2.71. The van der Waals surface area contributed by atoms with Crippen molar-refractivity contribution < 1.29 is 9.18 Å². The Kier molecular flexibility index (Phi) is 5.90. The number of nitrogens with one attached hydrogen (secondary N) is 1. The molecule has 1 atom stereocenters. The Hall–Kier alpha value is -2.42. The van der Waals surface area contributed by atoms with Gasteiger partial charge in [0.15, 0.2) is 0 Å². The molecule has 22 heavy (non-hydrogen) atoms. The second-order valence-corrected chi connectivity index (χ2v) is 5.15. The molecule has 2 rings (SSSR count). The smallest absolute Gasteiger partial charge is 0.244 e. The highest BCUT2D eigenvalue weighted by Crippen LogP contribution is 2.17. The average molecular weight is 297 g/mol. The van der Waals surface area contributed by atoms with E-state index in [0.717, 1.165) is 12.0 Å². The van der Waals surface area contributed by atoms with E-state index in [4.69, 9.17) is 0 Å². The van der Waals surface area contributed by atoms with E-state index in [1.165, 1.54) is 23.8 Å². The van der Waals surface area contributed by atoms with Crippen LogP contribution in [0.5, 0.6) is 0 Å². The molecule has 1 N–H and O–H groups in total. The van der Waals surface area contributed by atoms with Crippen LogP contribution in [0.15, 0.2) is 60.7 Å². The van der Waals surface area contributed by atoms with Gasteiger partial charge in [0.1, 0.15) is 5.82 Å². The lowest BCUT2D eigenvalue weighted by Gasteiger charge is -2.15. The van der Waals surface area contributed by atoms with Gasteiger partial charge in [-0.05, 0) is 35.8 Å². The van der Waals surface area contributed by atoms with Gasteiger partial charge in [0.05, 0.1) is 0 Å². The zero-order valence-corrected chi connectivity index (χ0v) is 12.6. The minimum atomic E-state index is -0.282. The molecular formula is C19H20FNO. The van der Waals surface area contributed by atoms with Crippen molar-refractivity contribution >= 4 is 12.0 Å². The highest BCUT2D eigenvalue weighted by Gasteiger charge is 2.09. The molecule has 0 aliphatic carbocycles. The summed E-state index contributed by atoms with van der Waals surface area (Å²) < 4.78 is 12.8. The Bertz CT molecular complexity index is 620. The summed E-state index contributed by atoms with van der Waals surface area (Å²) in [7, 11) is 0. The van der Waals surface area contributed by atoms with Crippen molar-refractivity contribution in [3.63, 3.8) is 0 Å². The van der Waals surface area contributed by atoms with Crippen molar-refractivity contribution in [2.24, 2.45) is 0 Å². The maximum atomic E-state index is 12.8. The maximum absolute atomic E-state index is 12.8. The van der Waals surface area contributed by atoms with Gasteiger partial charge in [-0.3, -0.25) is 4.79 Å².